The van der Waals surface area contributed by atoms with Crippen LogP contribution in [-0.4, -0.2) is 52.1 Å². The third-order valence-electron chi connectivity index (χ3n) is 5.67. The molecule has 0 aliphatic rings. The Morgan fingerprint density at radius 3 is 2.51 bits per heavy atom. The maximum absolute atomic E-state index is 15.4. The summed E-state index contributed by atoms with van der Waals surface area (Å²) in [5, 5.41) is 19.4. The maximum atomic E-state index is 15.4. The van der Waals surface area contributed by atoms with Crippen molar-refractivity contribution in [2.75, 3.05) is 13.7 Å². The molecule has 0 unspecified atom stereocenters. The van der Waals surface area contributed by atoms with Gasteiger partial charge in [0.25, 0.3) is 5.91 Å². The predicted octanol–water partition coefficient (Wildman–Crippen LogP) is 3.77. The molecule has 2 heterocycles. The number of nitrogens with zero attached hydrogens (tertiary/aromatic N) is 2. The van der Waals surface area contributed by atoms with Gasteiger partial charge < -0.3 is 15.2 Å². The normalized spacial score (nSPS) is 12.8. The van der Waals surface area contributed by atoms with E-state index >= 15 is 4.39 Å². The Hall–Kier alpha value is -3.95. The van der Waals surface area contributed by atoms with Gasteiger partial charge in [0, 0.05) is 42.1 Å². The van der Waals surface area contributed by atoms with E-state index in [4.69, 9.17) is 4.74 Å². The SMILES string of the molecule is CO[C@H](CO)[C@@H](Cc1ccccn1)NC(=O)c1ccccc1-c1n[nH]c(-c2ccc(F)cc2)c1F. The van der Waals surface area contributed by atoms with Crippen molar-refractivity contribution in [3.8, 4) is 22.5 Å². The average molecular weight is 478 g/mol. The second-order valence-electron chi connectivity index (χ2n) is 7.88. The summed E-state index contributed by atoms with van der Waals surface area (Å²) in [6, 6.07) is 16.7. The number of hydrogen-bond donors (Lipinski definition) is 3. The van der Waals surface area contributed by atoms with E-state index in [9.17, 15) is 14.3 Å². The van der Waals surface area contributed by atoms with Gasteiger partial charge in [0.05, 0.1) is 12.6 Å². The first kappa shape index (κ1) is 24.2. The van der Waals surface area contributed by atoms with Gasteiger partial charge in [-0.15, -0.1) is 0 Å². The van der Waals surface area contributed by atoms with Gasteiger partial charge in [-0.2, -0.15) is 5.10 Å². The molecular formula is C26H24F2N4O3. The Labute approximate surface area is 200 Å². The number of hydrogen-bond acceptors (Lipinski definition) is 5. The van der Waals surface area contributed by atoms with Crippen molar-refractivity contribution >= 4 is 5.91 Å². The van der Waals surface area contributed by atoms with Gasteiger partial charge in [0.15, 0.2) is 5.82 Å². The summed E-state index contributed by atoms with van der Waals surface area (Å²) in [5.41, 5.74) is 1.66. The quantitative estimate of drug-likeness (QED) is 0.340. The Kier molecular flexibility index (Phi) is 7.59. The van der Waals surface area contributed by atoms with Crippen LogP contribution < -0.4 is 5.32 Å². The Bertz CT molecular complexity index is 1280. The minimum absolute atomic E-state index is 0.0400. The number of nitrogens with one attached hydrogen (secondary N) is 2. The molecule has 35 heavy (non-hydrogen) atoms. The first-order valence-corrected chi connectivity index (χ1v) is 11.0. The molecule has 0 saturated heterocycles. The summed E-state index contributed by atoms with van der Waals surface area (Å²) in [4.78, 5) is 17.6. The number of benzene rings is 2. The molecular weight excluding hydrogens is 454 g/mol. The number of carbonyl (C=O) groups is 1. The topological polar surface area (TPSA) is 100 Å². The number of aliphatic hydroxyl groups excluding tert-OH is 1. The highest BCUT2D eigenvalue weighted by Gasteiger charge is 2.26. The molecule has 2 atom stereocenters. The van der Waals surface area contributed by atoms with Crippen molar-refractivity contribution in [3.05, 3.63) is 95.8 Å². The third kappa shape index (κ3) is 5.42. The first-order valence-electron chi connectivity index (χ1n) is 11.0. The van der Waals surface area contributed by atoms with E-state index in [1.807, 2.05) is 12.1 Å². The monoisotopic (exact) mass is 478 g/mol. The van der Waals surface area contributed by atoms with E-state index in [0.717, 1.165) is 0 Å². The molecule has 2 aromatic carbocycles. The molecule has 0 bridgehead atoms. The number of aromatic amines is 1. The van der Waals surface area contributed by atoms with Gasteiger partial charge in [-0.3, -0.25) is 14.9 Å². The molecule has 7 nitrogen and oxygen atoms in total. The lowest BCUT2D eigenvalue weighted by Gasteiger charge is -2.26. The van der Waals surface area contributed by atoms with E-state index < -0.39 is 29.7 Å². The van der Waals surface area contributed by atoms with E-state index in [-0.39, 0.29) is 29.1 Å². The van der Waals surface area contributed by atoms with Gasteiger partial charge >= 0.3 is 0 Å². The van der Waals surface area contributed by atoms with Crippen LogP contribution in [-0.2, 0) is 11.2 Å². The molecule has 0 saturated carbocycles. The Balaban J connectivity index is 1.64. The van der Waals surface area contributed by atoms with Gasteiger partial charge in [0.1, 0.15) is 23.3 Å². The standard InChI is InChI=1S/C26H24F2N4O3/c1-35-22(15-33)21(14-18-6-4-5-13-29-18)30-26(34)20-8-3-2-7-19(20)25-23(28)24(31-32-25)16-9-11-17(27)12-10-16/h2-13,21-22,33H,14-15H2,1H3,(H,30,34)(H,31,32)/t21-,22-/m1/s1. The second-order valence-corrected chi connectivity index (χ2v) is 7.88. The zero-order chi connectivity index (χ0) is 24.8. The molecule has 0 radical (unpaired) electrons. The number of carbonyl (C=O) groups excluding carboxylic acids is 1. The number of aromatic nitrogens is 3. The summed E-state index contributed by atoms with van der Waals surface area (Å²) < 4.78 is 34.0. The van der Waals surface area contributed by atoms with E-state index in [2.05, 4.69) is 20.5 Å². The number of H-pyrrole nitrogens is 1. The van der Waals surface area contributed by atoms with Crippen LogP contribution in [0.3, 0.4) is 0 Å². The first-order chi connectivity index (χ1) is 17.0. The molecule has 9 heteroatoms. The fraction of sp³-hybridized carbons (Fsp3) is 0.192. The van der Waals surface area contributed by atoms with Crippen LogP contribution in [0, 0.1) is 11.6 Å². The molecule has 0 aliphatic heterocycles. The molecule has 180 valence electrons. The van der Waals surface area contributed by atoms with E-state index in [1.165, 1.54) is 31.4 Å². The number of methoxy groups -OCH3 is 1. The minimum Gasteiger partial charge on any atom is -0.394 e. The Morgan fingerprint density at radius 1 is 1.09 bits per heavy atom. The molecule has 3 N–H and O–H groups in total. The van der Waals surface area contributed by atoms with Crippen molar-refractivity contribution in [2.24, 2.45) is 0 Å². The number of pyridine rings is 1. The van der Waals surface area contributed by atoms with Gasteiger partial charge in [-0.1, -0.05) is 24.3 Å². The molecule has 4 aromatic rings. The number of amides is 1. The highest BCUT2D eigenvalue weighted by Crippen LogP contribution is 2.31. The smallest absolute Gasteiger partial charge is 0.252 e. The fourth-order valence-corrected chi connectivity index (χ4v) is 3.83. The summed E-state index contributed by atoms with van der Waals surface area (Å²) in [6.07, 6.45) is 1.28. The summed E-state index contributed by atoms with van der Waals surface area (Å²) in [5.74, 6) is -1.58. The number of ether oxygens (including phenoxy) is 1. The van der Waals surface area contributed by atoms with Crippen LogP contribution in [0.2, 0.25) is 0 Å². The van der Waals surface area contributed by atoms with E-state index in [0.29, 0.717) is 17.7 Å². The zero-order valence-corrected chi connectivity index (χ0v) is 18.9. The molecule has 2 aromatic heterocycles. The molecule has 0 fully saturated rings. The van der Waals surface area contributed by atoms with Crippen LogP contribution in [0.1, 0.15) is 16.1 Å². The van der Waals surface area contributed by atoms with Crippen LogP contribution >= 0.6 is 0 Å². The highest BCUT2D eigenvalue weighted by atomic mass is 19.1. The van der Waals surface area contributed by atoms with Crippen molar-refractivity contribution in [2.45, 2.75) is 18.6 Å². The Morgan fingerprint density at radius 2 is 1.83 bits per heavy atom. The van der Waals surface area contributed by atoms with Gasteiger partial charge in [-0.25, -0.2) is 8.78 Å². The van der Waals surface area contributed by atoms with Crippen LogP contribution in [0.4, 0.5) is 8.78 Å². The summed E-state index contributed by atoms with van der Waals surface area (Å²) >= 11 is 0. The van der Waals surface area contributed by atoms with Crippen LogP contribution in [0.5, 0.6) is 0 Å². The van der Waals surface area contributed by atoms with Crippen LogP contribution in [0.15, 0.2) is 72.9 Å². The predicted molar refractivity (Wildman–Crippen MR) is 126 cm³/mol. The van der Waals surface area contributed by atoms with Crippen molar-refractivity contribution in [3.63, 3.8) is 0 Å². The molecule has 0 spiro atoms. The largest absolute Gasteiger partial charge is 0.394 e. The molecule has 1 amide bonds. The number of halogens is 2. The fourth-order valence-electron chi connectivity index (χ4n) is 3.83. The van der Waals surface area contributed by atoms with Crippen LogP contribution in [0.25, 0.3) is 22.5 Å². The van der Waals surface area contributed by atoms with Crippen molar-refractivity contribution < 1.29 is 23.4 Å². The number of rotatable bonds is 9. The minimum atomic E-state index is -0.680. The summed E-state index contributed by atoms with van der Waals surface area (Å²) in [7, 11) is 1.45. The summed E-state index contributed by atoms with van der Waals surface area (Å²) in [6.45, 7) is -0.315. The lowest BCUT2D eigenvalue weighted by molar-refractivity contribution is 0.0214. The lowest BCUT2D eigenvalue weighted by Crippen LogP contribution is -2.47. The van der Waals surface area contributed by atoms with Crippen molar-refractivity contribution in [1.29, 1.82) is 0 Å². The average Bonchev–Trinajstić information content (AvgIpc) is 3.26. The van der Waals surface area contributed by atoms with Gasteiger partial charge in [0.2, 0.25) is 0 Å². The van der Waals surface area contributed by atoms with Crippen molar-refractivity contribution in [1.82, 2.24) is 20.5 Å². The maximum Gasteiger partial charge on any atom is 0.252 e. The third-order valence-corrected chi connectivity index (χ3v) is 5.67. The van der Waals surface area contributed by atoms with E-state index in [1.54, 1.807) is 36.5 Å². The highest BCUT2D eigenvalue weighted by molar-refractivity contribution is 6.01. The van der Waals surface area contributed by atoms with Gasteiger partial charge in [-0.05, 0) is 42.5 Å². The molecule has 0 aliphatic carbocycles. The molecule has 4 rings (SSSR count). The number of aliphatic hydroxyl groups is 1. The lowest BCUT2D eigenvalue weighted by atomic mass is 10.00. The second kappa shape index (κ2) is 11.0. The zero-order valence-electron chi connectivity index (χ0n) is 18.9.